The summed E-state index contributed by atoms with van der Waals surface area (Å²) in [7, 11) is 0. The van der Waals surface area contributed by atoms with Crippen LogP contribution in [0.3, 0.4) is 0 Å². The quantitative estimate of drug-likeness (QED) is 0.0138. The zero-order valence-electron chi connectivity index (χ0n) is 60.2. The summed E-state index contributed by atoms with van der Waals surface area (Å²) in [4.78, 5) is 58.9. The Bertz CT molecular complexity index is 5130. The van der Waals surface area contributed by atoms with Crippen LogP contribution in [-0.2, 0) is 89.7 Å². The zero-order valence-corrected chi connectivity index (χ0v) is 62.5. The molecular weight excluding hydrogens is 1620 g/mol. The first-order chi connectivity index (χ1) is 54.4. The minimum Gasteiger partial charge on any atom is -0.504 e. The summed E-state index contributed by atoms with van der Waals surface area (Å²) in [5, 5.41) is 104. The molecule has 116 heavy (non-hydrogen) atoms. The largest absolute Gasteiger partial charge is 0.504 e. The first-order valence-electron chi connectivity index (χ1n) is 33.8. The summed E-state index contributed by atoms with van der Waals surface area (Å²) in [5.41, 5.74) is 2.64. The molecule has 10 rings (SSSR count). The Morgan fingerprint density at radius 3 is 1.09 bits per heavy atom. The van der Waals surface area contributed by atoms with Gasteiger partial charge in [-0.05, 0) is 191 Å². The van der Waals surface area contributed by atoms with E-state index in [1.807, 2.05) is 31.2 Å². The molecule has 0 aliphatic rings. The van der Waals surface area contributed by atoms with Crippen LogP contribution >= 0.6 is 34.8 Å². The smallest absolute Gasteiger partial charge is 0.417 e. The minimum absolute atomic E-state index is 0.0388. The third-order valence-electron chi connectivity index (χ3n) is 16.0. The van der Waals surface area contributed by atoms with E-state index in [1.54, 1.807) is 12.1 Å². The van der Waals surface area contributed by atoms with Gasteiger partial charge in [0.05, 0.1) is 38.2 Å². The second-order valence-corrected chi connectivity index (χ2v) is 26.2. The van der Waals surface area contributed by atoms with Crippen LogP contribution in [-0.4, -0.2) is 80.6 Å². The molecule has 20 nitrogen and oxygen atoms in total. The molecule has 5 amide bonds. The SMILES string of the molecule is Cc1ccc(CNC(=O)CCc2ccc(O)c(O)c2)cc1.O=C(/C=C/c1ccc(O)c(O)c1)NCc1ccc(Cl)c(C(F)(F)F)c1.O=C(CCc1ccc(O)c(O)c1)NCc1cc(F)c(F)c(F)c1.O=C(Cc1ccc(O)c(O)c1)NCc1ccc(Cl)c(C(F)(F)F)c1.O=C(NCc1ccc(Cl)c(C(F)(F)F)c1)c1ccc(O)c(O)c1. The molecule has 614 valence electrons. The van der Waals surface area contributed by atoms with E-state index in [0.717, 1.165) is 77.9 Å². The molecule has 0 aliphatic heterocycles. The van der Waals surface area contributed by atoms with Crippen LogP contribution < -0.4 is 26.6 Å². The fourth-order valence-corrected chi connectivity index (χ4v) is 10.5. The topological polar surface area (TPSA) is 348 Å². The van der Waals surface area contributed by atoms with E-state index in [4.69, 9.17) is 39.9 Å². The number of benzene rings is 10. The van der Waals surface area contributed by atoms with Crippen LogP contribution in [0.5, 0.6) is 57.5 Å². The lowest BCUT2D eigenvalue weighted by Gasteiger charge is -2.11. The Morgan fingerprint density at radius 1 is 0.345 bits per heavy atom. The highest BCUT2D eigenvalue weighted by Gasteiger charge is 2.35. The van der Waals surface area contributed by atoms with Gasteiger partial charge in [0, 0.05) is 57.2 Å². The third kappa shape index (κ3) is 30.3. The van der Waals surface area contributed by atoms with Gasteiger partial charge in [-0.3, -0.25) is 24.0 Å². The van der Waals surface area contributed by atoms with Crippen molar-refractivity contribution in [3.63, 3.8) is 0 Å². The second-order valence-electron chi connectivity index (χ2n) is 25.0. The number of aromatic hydroxyl groups is 10. The van der Waals surface area contributed by atoms with Gasteiger partial charge in [0.2, 0.25) is 23.6 Å². The fraction of sp³-hybridized carbons (Fsp3) is 0.173. The molecule has 0 heterocycles. The number of alkyl halides is 9. The Hall–Kier alpha value is -12.7. The van der Waals surface area contributed by atoms with Gasteiger partial charge in [0.25, 0.3) is 5.91 Å². The van der Waals surface area contributed by atoms with Crippen molar-refractivity contribution >= 4 is 70.4 Å². The van der Waals surface area contributed by atoms with Crippen LogP contribution in [0.2, 0.25) is 15.1 Å². The van der Waals surface area contributed by atoms with Gasteiger partial charge in [-0.25, -0.2) is 13.2 Å². The summed E-state index contributed by atoms with van der Waals surface area (Å²) < 4.78 is 154. The van der Waals surface area contributed by atoms with Gasteiger partial charge in [-0.2, -0.15) is 39.5 Å². The standard InChI is InChI=1S/C17H13ClF3NO3.C17H19NO3.C16H13ClF3NO3.C16H14F3NO3.C15H11ClF3NO3/c18-13-4-1-11(7-12(13)17(19,20)21)9-22-16(25)6-3-10-2-5-14(23)15(24)8-10;1-12-2-4-14(5-3-12)11-18-17(21)9-7-13-6-8-15(19)16(20)10-13;17-12-3-1-10(5-11(12)16(18,19)20)8-21-15(24)7-9-2-4-13(22)14(23)6-9;17-11-5-10(6-12(18)16(11)19)8-20-15(23)4-2-9-1-3-13(21)14(22)7-9;16-11-3-1-8(5-10(11)15(17,18)19)7-20-14(23)9-2-4-12(21)13(22)6-9/h1-8,23-24H,9H2,(H,22,25);2-6,8,10,19-20H,7,9,11H2,1H3,(H,18,21);1-6,22-23H,7-8H2,(H,21,24);1,3,5-7,21-22H,2,4,8H2,(H,20,23);1-6,21-22H,7H2,(H,20,23)/b6-3+;;;;. The molecule has 0 aliphatic carbocycles. The number of phenolic OH excluding ortho intramolecular Hbond substituents is 10. The first-order valence-corrected chi connectivity index (χ1v) is 34.9. The number of aryl methyl sites for hydroxylation is 3. The number of halogens is 15. The maximum Gasteiger partial charge on any atom is 0.417 e. The fourth-order valence-electron chi connectivity index (χ4n) is 9.80. The van der Waals surface area contributed by atoms with E-state index in [-0.39, 0.29) is 130 Å². The zero-order chi connectivity index (χ0) is 85.9. The Balaban J connectivity index is 0.000000226. The van der Waals surface area contributed by atoms with Crippen molar-refractivity contribution in [2.75, 3.05) is 0 Å². The predicted octanol–water partition coefficient (Wildman–Crippen LogP) is 16.8. The van der Waals surface area contributed by atoms with Gasteiger partial charge in [-0.1, -0.05) is 107 Å². The molecule has 0 unspecified atom stereocenters. The number of carbonyl (C=O) groups is 5. The Labute approximate surface area is 667 Å². The molecule has 10 aromatic carbocycles. The lowest BCUT2D eigenvalue weighted by atomic mass is 10.1. The molecule has 15 N–H and O–H groups in total. The van der Waals surface area contributed by atoms with E-state index >= 15 is 0 Å². The highest BCUT2D eigenvalue weighted by molar-refractivity contribution is 6.32. The second kappa shape index (κ2) is 42.4. The summed E-state index contributed by atoms with van der Waals surface area (Å²) >= 11 is 16.6. The lowest BCUT2D eigenvalue weighted by molar-refractivity contribution is -0.138. The van der Waals surface area contributed by atoms with Crippen molar-refractivity contribution in [1.29, 1.82) is 0 Å². The first kappa shape index (κ1) is 92.2. The number of carbonyl (C=O) groups excluding carboxylic acids is 5. The molecule has 0 bridgehead atoms. The van der Waals surface area contributed by atoms with Crippen LogP contribution in [0.4, 0.5) is 52.7 Å². The van der Waals surface area contributed by atoms with E-state index in [9.17, 15) is 123 Å². The van der Waals surface area contributed by atoms with E-state index in [2.05, 4.69) is 26.6 Å². The minimum atomic E-state index is -4.58. The van der Waals surface area contributed by atoms with Gasteiger partial charge in [-0.15, -0.1) is 0 Å². The van der Waals surface area contributed by atoms with E-state index < -0.39 is 91.2 Å². The lowest BCUT2D eigenvalue weighted by Crippen LogP contribution is -2.24. The molecule has 0 aromatic heterocycles. The van der Waals surface area contributed by atoms with E-state index in [1.165, 1.54) is 96.6 Å². The summed E-state index contributed by atoms with van der Waals surface area (Å²) in [6, 6.07) is 40.0. The monoisotopic (exact) mass is 1690 g/mol. The molecule has 35 heteroatoms. The van der Waals surface area contributed by atoms with Crippen LogP contribution in [0.1, 0.15) is 95.5 Å². The summed E-state index contributed by atoms with van der Waals surface area (Å²) in [6.45, 7) is 2.05. The highest BCUT2D eigenvalue weighted by Crippen LogP contribution is 2.39. The molecule has 0 saturated heterocycles. The van der Waals surface area contributed by atoms with Crippen LogP contribution in [0, 0.1) is 24.4 Å². The molecule has 0 atom stereocenters. The average molecular weight is 1690 g/mol. The molecule has 0 fully saturated rings. The predicted molar refractivity (Wildman–Crippen MR) is 404 cm³/mol. The van der Waals surface area contributed by atoms with Gasteiger partial charge >= 0.3 is 18.5 Å². The number of rotatable bonds is 21. The van der Waals surface area contributed by atoms with Crippen molar-refractivity contribution < 1.29 is 128 Å². The number of hydrogen-bond donors (Lipinski definition) is 15. The summed E-state index contributed by atoms with van der Waals surface area (Å²) in [5.74, 6) is -9.13. The van der Waals surface area contributed by atoms with Crippen molar-refractivity contribution in [2.24, 2.45) is 0 Å². The summed E-state index contributed by atoms with van der Waals surface area (Å²) in [6.07, 6.45) is -10.0. The third-order valence-corrected chi connectivity index (χ3v) is 17.0. The number of phenols is 10. The Morgan fingerprint density at radius 2 is 0.681 bits per heavy atom. The van der Waals surface area contributed by atoms with Crippen molar-refractivity contribution in [3.8, 4) is 57.5 Å². The molecule has 0 spiro atoms. The maximum atomic E-state index is 13.0. The van der Waals surface area contributed by atoms with Crippen LogP contribution in [0.15, 0.2) is 188 Å². The van der Waals surface area contributed by atoms with Gasteiger partial charge < -0.3 is 77.6 Å². The number of amides is 5. The Kier molecular flexibility index (Phi) is 33.7. The maximum absolute atomic E-state index is 13.0. The van der Waals surface area contributed by atoms with Crippen molar-refractivity contribution in [1.82, 2.24) is 26.6 Å². The normalized spacial score (nSPS) is 11.1. The molecule has 0 saturated carbocycles. The number of hydrogen-bond acceptors (Lipinski definition) is 15. The van der Waals surface area contributed by atoms with Gasteiger partial charge in [0.15, 0.2) is 74.9 Å². The molecular formula is C81H70Cl3F12N5O15. The molecule has 10 aromatic rings. The van der Waals surface area contributed by atoms with Crippen LogP contribution in [0.25, 0.3) is 6.08 Å². The van der Waals surface area contributed by atoms with Crippen molar-refractivity contribution in [3.05, 3.63) is 298 Å². The highest BCUT2D eigenvalue weighted by atomic mass is 35.5. The van der Waals surface area contributed by atoms with Gasteiger partial charge in [0.1, 0.15) is 0 Å². The molecule has 0 radical (unpaired) electrons. The van der Waals surface area contributed by atoms with E-state index in [0.29, 0.717) is 42.5 Å². The van der Waals surface area contributed by atoms with Crippen molar-refractivity contribution in [2.45, 2.75) is 90.3 Å². The average Bonchev–Trinajstić information content (AvgIpc) is 0.828. The number of nitrogens with one attached hydrogen (secondary N) is 5.